The van der Waals surface area contributed by atoms with E-state index in [9.17, 15) is 34.0 Å². The molecular formula is C26H41FN3O16P. The van der Waals surface area contributed by atoms with Gasteiger partial charge in [-0.2, -0.15) is 0 Å². The zero-order valence-electron chi connectivity index (χ0n) is 26.8. The van der Waals surface area contributed by atoms with Crippen molar-refractivity contribution < 1.29 is 80.3 Å². The maximum absolute atomic E-state index is 15.2. The number of carbonyl (C=O) groups excluding carboxylic acids is 4. The molecule has 2 heterocycles. The fourth-order valence-electron chi connectivity index (χ4n) is 4.89. The van der Waals surface area contributed by atoms with Crippen molar-refractivity contribution in [2.75, 3.05) is 20.3 Å². The van der Waals surface area contributed by atoms with Crippen LogP contribution in [-0.2, 0) is 56.1 Å². The highest BCUT2D eigenvalue weighted by Gasteiger charge is 2.97. The average Bonchev–Trinajstić information content (AvgIpc) is 3.41. The summed E-state index contributed by atoms with van der Waals surface area (Å²) in [6.07, 6.45) is -7.16. The third-order valence-corrected chi connectivity index (χ3v) is 8.55. The van der Waals surface area contributed by atoms with Crippen LogP contribution >= 0.6 is 7.82 Å². The van der Waals surface area contributed by atoms with Gasteiger partial charge in [-0.25, -0.2) is 27.6 Å². The number of nitrogens with zero attached hydrogens (tertiary/aromatic N) is 1. The Bertz CT molecular complexity index is 1230. The van der Waals surface area contributed by atoms with E-state index in [-0.39, 0.29) is 0 Å². The molecule has 1 saturated carbocycles. The van der Waals surface area contributed by atoms with Crippen LogP contribution < -0.4 is 11.1 Å². The number of hydrogen-bond acceptors (Lipinski definition) is 18. The molecule has 3 rings (SSSR count). The molecule has 268 valence electrons. The molecule has 3 aliphatic rings. The summed E-state index contributed by atoms with van der Waals surface area (Å²) in [5.41, 5.74) is -1.58. The van der Waals surface area contributed by atoms with E-state index in [0.717, 1.165) is 24.1 Å². The number of nitrogens with one attached hydrogen (secondary N) is 1. The minimum absolute atomic E-state index is 0.509. The summed E-state index contributed by atoms with van der Waals surface area (Å²) >= 11 is 0. The largest absolute Gasteiger partial charge is 0.510 e. The van der Waals surface area contributed by atoms with E-state index in [4.69, 9.17) is 47.7 Å². The molecule has 1 amide bonds. The van der Waals surface area contributed by atoms with Gasteiger partial charge in [-0.1, -0.05) is 13.8 Å². The molecule has 19 nitrogen and oxygen atoms in total. The second-order valence-electron chi connectivity index (χ2n) is 11.8. The fourth-order valence-corrected chi connectivity index (χ4v) is 6.03. The van der Waals surface area contributed by atoms with E-state index in [1.807, 2.05) is 0 Å². The molecule has 0 aromatic heterocycles. The van der Waals surface area contributed by atoms with Gasteiger partial charge in [0.1, 0.15) is 12.7 Å². The Hall–Kier alpha value is -3.10. The Morgan fingerprint density at radius 1 is 1.09 bits per heavy atom. The molecule has 0 aromatic rings. The second kappa shape index (κ2) is 14.6. The lowest BCUT2D eigenvalue weighted by Crippen LogP contribution is -2.63. The number of fused-ring (bicyclic) bond motifs is 1. The molecule has 0 aromatic carbocycles. The number of aliphatic hydroxyl groups excluding tert-OH is 1. The summed E-state index contributed by atoms with van der Waals surface area (Å²) in [7, 11) is -5.14. The SMILES string of the molecule is CC(C)OC(=O)OCOP(=O)(OCOC(=O)OC(C)C)OC1[C@]2(OC(=O)[C@H](N)C(C)C)[C@@](C)(O)[C@H](N3C=CC(=O)NC3O)O[C@]12CF. The lowest BCUT2D eigenvalue weighted by Gasteiger charge is -2.42. The first-order chi connectivity index (χ1) is 21.8. The first kappa shape index (κ1) is 38.3. The summed E-state index contributed by atoms with van der Waals surface area (Å²) in [5, 5.41) is 24.5. The van der Waals surface area contributed by atoms with E-state index in [1.54, 1.807) is 13.8 Å². The van der Waals surface area contributed by atoms with Gasteiger partial charge >= 0.3 is 26.1 Å². The molecule has 0 bridgehead atoms. The van der Waals surface area contributed by atoms with Gasteiger partial charge in [0.05, 0.1) is 12.2 Å². The van der Waals surface area contributed by atoms with E-state index < -0.39 is 112 Å². The monoisotopic (exact) mass is 701 g/mol. The van der Waals surface area contributed by atoms with Gasteiger partial charge in [-0.15, -0.1) is 0 Å². The molecule has 2 fully saturated rings. The average molecular weight is 702 g/mol. The lowest BCUT2D eigenvalue weighted by atomic mass is 9.92. The molecule has 1 aliphatic carbocycles. The number of esters is 1. The van der Waals surface area contributed by atoms with Gasteiger partial charge < -0.3 is 54.6 Å². The number of ether oxygens (including phenoxy) is 6. The van der Waals surface area contributed by atoms with Gasteiger partial charge in [0.2, 0.25) is 31.4 Å². The summed E-state index contributed by atoms with van der Waals surface area (Å²) in [6, 6.07) is -1.31. The van der Waals surface area contributed by atoms with Crippen molar-refractivity contribution in [2.45, 2.75) is 102 Å². The Labute approximate surface area is 269 Å². The number of amides is 1. The number of phosphoric acid groups is 1. The minimum Gasteiger partial charge on any atom is -0.448 e. The van der Waals surface area contributed by atoms with E-state index in [0.29, 0.717) is 0 Å². The number of phosphoric ester groups is 1. The zero-order valence-corrected chi connectivity index (χ0v) is 27.7. The van der Waals surface area contributed by atoms with Gasteiger partial charge in [0.25, 0.3) is 0 Å². The number of alkyl halides is 1. The summed E-state index contributed by atoms with van der Waals surface area (Å²) in [5.74, 6) is -2.35. The Balaban J connectivity index is 1.98. The van der Waals surface area contributed by atoms with Crippen molar-refractivity contribution >= 4 is 32.0 Å². The number of halogens is 1. The van der Waals surface area contributed by atoms with Crippen LogP contribution in [-0.4, -0.2) is 113 Å². The van der Waals surface area contributed by atoms with E-state index >= 15 is 4.39 Å². The molecule has 1 saturated heterocycles. The van der Waals surface area contributed by atoms with Crippen LogP contribution in [0.1, 0.15) is 48.5 Å². The quantitative estimate of drug-likeness (QED) is 0.0800. The number of carbonyl (C=O) groups is 4. The lowest BCUT2D eigenvalue weighted by molar-refractivity contribution is -0.218. The molecule has 0 radical (unpaired) electrons. The van der Waals surface area contributed by atoms with E-state index in [1.165, 1.54) is 27.7 Å². The second-order valence-corrected chi connectivity index (χ2v) is 13.4. The van der Waals surface area contributed by atoms with Crippen LogP contribution in [0.25, 0.3) is 0 Å². The van der Waals surface area contributed by atoms with E-state index in [2.05, 4.69) is 5.32 Å². The van der Waals surface area contributed by atoms with Crippen LogP contribution in [0.3, 0.4) is 0 Å². The van der Waals surface area contributed by atoms with Crippen LogP contribution in [0.4, 0.5) is 14.0 Å². The molecule has 47 heavy (non-hydrogen) atoms. The van der Waals surface area contributed by atoms with Crippen LogP contribution in [0.5, 0.6) is 0 Å². The van der Waals surface area contributed by atoms with Crippen molar-refractivity contribution in [1.82, 2.24) is 10.2 Å². The van der Waals surface area contributed by atoms with Crippen molar-refractivity contribution in [2.24, 2.45) is 11.7 Å². The predicted molar refractivity (Wildman–Crippen MR) is 151 cm³/mol. The zero-order chi connectivity index (χ0) is 35.5. The Morgan fingerprint density at radius 3 is 2.06 bits per heavy atom. The topological polar surface area (TPSA) is 250 Å². The molecule has 2 aliphatic heterocycles. The molecule has 7 atom stereocenters. The number of rotatable bonds is 15. The van der Waals surface area contributed by atoms with Crippen molar-refractivity contribution in [1.29, 1.82) is 0 Å². The van der Waals surface area contributed by atoms with Crippen molar-refractivity contribution in [3.8, 4) is 0 Å². The number of nitrogens with two attached hydrogens (primary N) is 1. The summed E-state index contributed by atoms with van der Waals surface area (Å²) in [6.45, 7) is 6.46. The van der Waals surface area contributed by atoms with Gasteiger partial charge in [-0.3, -0.25) is 14.1 Å². The first-order valence-corrected chi connectivity index (χ1v) is 15.9. The third-order valence-electron chi connectivity index (χ3n) is 7.24. The smallest absolute Gasteiger partial charge is 0.448 e. The number of aliphatic hydroxyl groups is 2. The normalized spacial score (nSPS) is 30.6. The Kier molecular flexibility index (Phi) is 11.9. The van der Waals surface area contributed by atoms with Gasteiger partial charge in [-0.05, 0) is 40.5 Å². The minimum atomic E-state index is -5.14. The van der Waals surface area contributed by atoms with Crippen molar-refractivity contribution in [3.05, 3.63) is 12.3 Å². The molecule has 21 heteroatoms. The van der Waals surface area contributed by atoms with Gasteiger partial charge in [0.15, 0.2) is 23.5 Å². The van der Waals surface area contributed by atoms with Crippen molar-refractivity contribution in [3.63, 3.8) is 0 Å². The molecule has 2 unspecified atom stereocenters. The maximum atomic E-state index is 15.2. The maximum Gasteiger partial charge on any atom is 0.510 e. The van der Waals surface area contributed by atoms with Crippen LogP contribution in [0, 0.1) is 5.92 Å². The summed E-state index contributed by atoms with van der Waals surface area (Å²) in [4.78, 5) is 49.5. The summed E-state index contributed by atoms with van der Waals surface area (Å²) < 4.78 is 75.1. The fraction of sp³-hybridized carbons (Fsp3) is 0.769. The highest BCUT2D eigenvalue weighted by molar-refractivity contribution is 7.48. The van der Waals surface area contributed by atoms with Crippen LogP contribution in [0.2, 0.25) is 0 Å². The van der Waals surface area contributed by atoms with Gasteiger partial charge in [0, 0.05) is 12.3 Å². The molecular weight excluding hydrogens is 660 g/mol. The Morgan fingerprint density at radius 2 is 1.62 bits per heavy atom. The molecule has 5 N–H and O–H groups in total. The third kappa shape index (κ3) is 7.80. The number of hydrogen-bond donors (Lipinski definition) is 4. The first-order valence-electron chi connectivity index (χ1n) is 14.4. The predicted octanol–water partition coefficient (Wildman–Crippen LogP) is 0.867. The molecule has 0 spiro atoms. The highest BCUT2D eigenvalue weighted by Crippen LogP contribution is 2.72. The standard InChI is InChI=1S/C26H41FN3O16P/c1-13(2)17(28)18(32)44-26-19(25(26,10-27)45-20(24(26,7)36)30-9-8-16(31)29-21(30)33)46-47(37,40-11-38-22(34)42-14(3)4)41-12-39-23(35)43-15(5)6/h8-9,13-15,17,19-21,33,36H,10-12,28H2,1-7H3,(H,29,31)/t17-,19?,20-,21?,24+,25-,26+/m1/s1. The highest BCUT2D eigenvalue weighted by atomic mass is 31.2. The van der Waals surface area contributed by atoms with Crippen LogP contribution in [0.15, 0.2) is 12.3 Å².